The normalized spacial score (nSPS) is 11.6. The molecule has 7 heteroatoms. The predicted molar refractivity (Wildman–Crippen MR) is 61.9 cm³/mol. The van der Waals surface area contributed by atoms with Crippen LogP contribution in [0.25, 0.3) is 0 Å². The van der Waals surface area contributed by atoms with Gasteiger partial charge in [0.15, 0.2) is 6.10 Å². The van der Waals surface area contributed by atoms with Gasteiger partial charge in [-0.3, -0.25) is 10.2 Å². The summed E-state index contributed by atoms with van der Waals surface area (Å²) in [5, 5.41) is 0.574. The molecule has 0 saturated heterocycles. The molecule has 1 aromatic carbocycles. The van der Waals surface area contributed by atoms with Crippen molar-refractivity contribution in [3.63, 3.8) is 0 Å². The third-order valence-electron chi connectivity index (χ3n) is 2.03. The van der Waals surface area contributed by atoms with Crippen LogP contribution in [0.15, 0.2) is 24.3 Å². The van der Waals surface area contributed by atoms with Crippen molar-refractivity contribution in [1.82, 2.24) is 5.43 Å². The van der Waals surface area contributed by atoms with Crippen LogP contribution >= 0.6 is 11.6 Å². The first kappa shape index (κ1) is 13.3. The van der Waals surface area contributed by atoms with Gasteiger partial charge in [-0.25, -0.2) is 10.6 Å². The van der Waals surface area contributed by atoms with Crippen molar-refractivity contribution in [2.24, 2.45) is 11.6 Å². The topological polar surface area (TPSA) is 107 Å². The summed E-state index contributed by atoms with van der Waals surface area (Å²) in [5.41, 5.74) is 7.53. The Morgan fingerprint density at radius 2 is 1.94 bits per heavy atom. The second-order valence-corrected chi connectivity index (χ2v) is 3.70. The second-order valence-electron chi connectivity index (χ2n) is 3.26. The molecule has 0 fully saturated rings. The lowest BCUT2D eigenvalue weighted by Gasteiger charge is -2.14. The number of nitrogens with two attached hydrogens (primary N) is 2. The molecule has 0 aliphatic rings. The van der Waals surface area contributed by atoms with Crippen LogP contribution in [0, 0.1) is 0 Å². The second kappa shape index (κ2) is 6.07. The number of nitrogens with one attached hydrogen (secondary N) is 1. The lowest BCUT2D eigenvalue weighted by Crippen LogP contribution is -2.43. The minimum Gasteiger partial charge on any atom is -0.436 e. The summed E-state index contributed by atoms with van der Waals surface area (Å²) < 4.78 is 4.65. The lowest BCUT2D eigenvalue weighted by molar-refractivity contribution is -0.129. The molecule has 0 aliphatic carbocycles. The number of halogens is 1. The van der Waals surface area contributed by atoms with E-state index >= 15 is 0 Å². The van der Waals surface area contributed by atoms with Gasteiger partial charge in [-0.15, -0.1) is 0 Å². The highest BCUT2D eigenvalue weighted by Crippen LogP contribution is 2.12. The number of rotatable bonds is 4. The largest absolute Gasteiger partial charge is 0.436 e. The smallest absolute Gasteiger partial charge is 0.405 e. The maximum atomic E-state index is 11.3. The number of ether oxygens (including phenoxy) is 1. The van der Waals surface area contributed by atoms with Crippen LogP contribution in [0.5, 0.6) is 0 Å². The molecule has 0 radical (unpaired) electrons. The average Bonchev–Trinajstić information content (AvgIpc) is 2.29. The van der Waals surface area contributed by atoms with Gasteiger partial charge in [0.2, 0.25) is 0 Å². The van der Waals surface area contributed by atoms with Gasteiger partial charge in [0.1, 0.15) is 0 Å². The molecule has 6 nitrogen and oxygen atoms in total. The summed E-state index contributed by atoms with van der Waals surface area (Å²) in [4.78, 5) is 22.0. The zero-order chi connectivity index (χ0) is 12.8. The van der Waals surface area contributed by atoms with E-state index in [0.717, 1.165) is 5.56 Å². The Labute approximate surface area is 103 Å². The summed E-state index contributed by atoms with van der Waals surface area (Å²) in [7, 11) is 0. The minimum absolute atomic E-state index is 0.170. The molecule has 0 bridgehead atoms. The van der Waals surface area contributed by atoms with E-state index in [0.29, 0.717) is 5.02 Å². The number of hydrogen-bond donors (Lipinski definition) is 3. The monoisotopic (exact) mass is 257 g/mol. The highest BCUT2D eigenvalue weighted by atomic mass is 35.5. The first-order valence-corrected chi connectivity index (χ1v) is 5.11. The molecular weight excluding hydrogens is 246 g/mol. The lowest BCUT2D eigenvalue weighted by atomic mass is 10.1. The van der Waals surface area contributed by atoms with Crippen LogP contribution in [0.2, 0.25) is 5.02 Å². The van der Waals surface area contributed by atoms with Crippen LogP contribution in [0.4, 0.5) is 4.79 Å². The summed E-state index contributed by atoms with van der Waals surface area (Å²) in [6.45, 7) is 0. The van der Waals surface area contributed by atoms with Gasteiger partial charge in [-0.1, -0.05) is 23.7 Å². The number of hydrazine groups is 1. The molecule has 0 spiro atoms. The van der Waals surface area contributed by atoms with Crippen molar-refractivity contribution >= 4 is 23.6 Å². The van der Waals surface area contributed by atoms with Gasteiger partial charge in [-0.05, 0) is 17.7 Å². The van der Waals surface area contributed by atoms with E-state index in [9.17, 15) is 9.59 Å². The Hall–Kier alpha value is -1.79. The zero-order valence-corrected chi connectivity index (χ0v) is 9.61. The fourth-order valence-corrected chi connectivity index (χ4v) is 1.38. The maximum Gasteiger partial charge on any atom is 0.405 e. The first-order valence-electron chi connectivity index (χ1n) is 4.74. The van der Waals surface area contributed by atoms with E-state index in [1.807, 2.05) is 5.43 Å². The number of carbonyl (C=O) groups is 2. The average molecular weight is 258 g/mol. The van der Waals surface area contributed by atoms with Crippen molar-refractivity contribution in [2.75, 3.05) is 0 Å². The number of carbonyl (C=O) groups excluding carboxylic acids is 2. The SMILES string of the molecule is NNC(=O)[C@H](Cc1ccc(Cl)cc1)OC(N)=O. The molecule has 92 valence electrons. The standard InChI is InChI=1S/C10H12ClN3O3/c11-7-3-1-6(2-4-7)5-8(9(15)14-13)17-10(12)16/h1-4,8H,5,13H2,(H2,12,16)(H,14,15)/t8-/m0/s1. The number of amides is 2. The van der Waals surface area contributed by atoms with Crippen LogP contribution in [-0.4, -0.2) is 18.1 Å². The molecule has 2 amide bonds. The van der Waals surface area contributed by atoms with Crippen molar-refractivity contribution in [3.05, 3.63) is 34.9 Å². The van der Waals surface area contributed by atoms with Crippen molar-refractivity contribution < 1.29 is 14.3 Å². The molecule has 0 aromatic heterocycles. The third-order valence-corrected chi connectivity index (χ3v) is 2.28. The Balaban J connectivity index is 2.75. The summed E-state index contributed by atoms with van der Waals surface area (Å²) >= 11 is 5.72. The molecule has 5 N–H and O–H groups in total. The van der Waals surface area contributed by atoms with E-state index < -0.39 is 18.1 Å². The quantitative estimate of drug-likeness (QED) is 0.410. The Morgan fingerprint density at radius 1 is 1.35 bits per heavy atom. The van der Waals surface area contributed by atoms with Crippen molar-refractivity contribution in [1.29, 1.82) is 0 Å². The fraction of sp³-hybridized carbons (Fsp3) is 0.200. The molecule has 0 saturated carbocycles. The molecular formula is C10H12ClN3O3. The molecule has 1 rings (SSSR count). The molecule has 1 atom stereocenters. The molecule has 0 unspecified atom stereocenters. The summed E-state index contributed by atoms with van der Waals surface area (Å²) in [5.74, 6) is 4.35. The van der Waals surface area contributed by atoms with E-state index in [-0.39, 0.29) is 6.42 Å². The third kappa shape index (κ3) is 4.29. The first-order chi connectivity index (χ1) is 8.02. The van der Waals surface area contributed by atoms with Crippen LogP contribution in [-0.2, 0) is 16.0 Å². The zero-order valence-electron chi connectivity index (χ0n) is 8.85. The minimum atomic E-state index is -1.06. The number of benzene rings is 1. The summed E-state index contributed by atoms with van der Waals surface area (Å²) in [6, 6.07) is 6.75. The highest BCUT2D eigenvalue weighted by molar-refractivity contribution is 6.30. The van der Waals surface area contributed by atoms with Gasteiger partial charge < -0.3 is 10.5 Å². The Morgan fingerprint density at radius 3 is 2.41 bits per heavy atom. The van der Waals surface area contributed by atoms with Gasteiger partial charge in [-0.2, -0.15) is 0 Å². The van der Waals surface area contributed by atoms with Crippen molar-refractivity contribution in [2.45, 2.75) is 12.5 Å². The molecule has 1 aromatic rings. The molecule has 0 aliphatic heterocycles. The Kier molecular flexibility index (Phi) is 4.74. The van der Waals surface area contributed by atoms with Crippen LogP contribution < -0.4 is 17.0 Å². The van der Waals surface area contributed by atoms with Gasteiger partial charge in [0.05, 0.1) is 0 Å². The van der Waals surface area contributed by atoms with Crippen LogP contribution in [0.3, 0.4) is 0 Å². The molecule has 0 heterocycles. The molecule has 17 heavy (non-hydrogen) atoms. The maximum absolute atomic E-state index is 11.3. The van der Waals surface area contributed by atoms with Gasteiger partial charge in [0.25, 0.3) is 5.91 Å². The highest BCUT2D eigenvalue weighted by Gasteiger charge is 2.21. The van der Waals surface area contributed by atoms with E-state index in [4.69, 9.17) is 23.2 Å². The Bertz CT molecular complexity index is 408. The fourth-order valence-electron chi connectivity index (χ4n) is 1.26. The van der Waals surface area contributed by atoms with Crippen LogP contribution in [0.1, 0.15) is 5.56 Å². The van der Waals surface area contributed by atoms with E-state index in [2.05, 4.69) is 4.74 Å². The predicted octanol–water partition coefficient (Wildman–Crippen LogP) is 0.336. The van der Waals surface area contributed by atoms with E-state index in [1.165, 1.54) is 0 Å². The summed E-state index contributed by atoms with van der Waals surface area (Å²) in [6.07, 6.45) is -1.92. The van der Waals surface area contributed by atoms with E-state index in [1.54, 1.807) is 24.3 Å². The number of primary amides is 1. The van der Waals surface area contributed by atoms with Gasteiger partial charge in [0, 0.05) is 11.4 Å². The number of hydrogen-bond acceptors (Lipinski definition) is 4. The van der Waals surface area contributed by atoms with Crippen molar-refractivity contribution in [3.8, 4) is 0 Å². The van der Waals surface area contributed by atoms with Gasteiger partial charge >= 0.3 is 6.09 Å².